The van der Waals surface area contributed by atoms with Crippen LogP contribution in [0.5, 0.6) is 0 Å². The Bertz CT molecular complexity index is 367. The van der Waals surface area contributed by atoms with Crippen molar-refractivity contribution in [3.05, 3.63) is 35.4 Å². The molecule has 2 nitrogen and oxygen atoms in total. The zero-order valence-electron chi connectivity index (χ0n) is 12.5. The first-order chi connectivity index (χ1) is 9.15. The highest BCUT2D eigenvalue weighted by Crippen LogP contribution is 2.21. The molecule has 1 atom stereocenters. The van der Waals surface area contributed by atoms with Gasteiger partial charge in [0.1, 0.15) is 0 Å². The lowest BCUT2D eigenvalue weighted by Crippen LogP contribution is -2.21. The molecule has 1 aromatic carbocycles. The van der Waals surface area contributed by atoms with E-state index in [0.717, 1.165) is 25.8 Å². The van der Waals surface area contributed by atoms with E-state index < -0.39 is 0 Å². The van der Waals surface area contributed by atoms with Gasteiger partial charge >= 0.3 is 0 Å². The molecule has 2 rings (SSSR count). The Balaban J connectivity index is 1.76. The Hall–Kier alpha value is -0.860. The standard InChI is InChI=1S/C17H27NO/c1-13(2)11-19-12-15-4-6-16(7-5-15)14(3)10-18-17-8-9-17/h4-7,13-14,17-18H,8-12H2,1-3H3. The second-order valence-corrected chi connectivity index (χ2v) is 6.23. The SMILES string of the molecule is CC(C)COCc1ccc(C(C)CNC2CC2)cc1. The van der Waals surface area contributed by atoms with E-state index in [1.165, 1.54) is 24.0 Å². The maximum atomic E-state index is 5.66. The van der Waals surface area contributed by atoms with Crippen LogP contribution >= 0.6 is 0 Å². The normalized spacial score (nSPS) is 16.8. The van der Waals surface area contributed by atoms with Crippen molar-refractivity contribution in [2.24, 2.45) is 5.92 Å². The summed E-state index contributed by atoms with van der Waals surface area (Å²) in [5.41, 5.74) is 2.69. The van der Waals surface area contributed by atoms with Crippen molar-refractivity contribution in [1.82, 2.24) is 5.32 Å². The van der Waals surface area contributed by atoms with Crippen molar-refractivity contribution in [1.29, 1.82) is 0 Å². The van der Waals surface area contributed by atoms with E-state index >= 15 is 0 Å². The summed E-state index contributed by atoms with van der Waals surface area (Å²) in [7, 11) is 0. The predicted octanol–water partition coefficient (Wildman–Crippen LogP) is 3.71. The van der Waals surface area contributed by atoms with Gasteiger partial charge in [0.15, 0.2) is 0 Å². The number of rotatable bonds is 8. The first-order valence-electron chi connectivity index (χ1n) is 7.55. The van der Waals surface area contributed by atoms with Crippen molar-refractivity contribution >= 4 is 0 Å². The van der Waals surface area contributed by atoms with Gasteiger partial charge in [0.2, 0.25) is 0 Å². The van der Waals surface area contributed by atoms with Gasteiger partial charge in [-0.2, -0.15) is 0 Å². The summed E-state index contributed by atoms with van der Waals surface area (Å²) >= 11 is 0. The molecule has 1 aliphatic rings. The van der Waals surface area contributed by atoms with Gasteiger partial charge in [0.25, 0.3) is 0 Å². The van der Waals surface area contributed by atoms with E-state index in [1.54, 1.807) is 0 Å². The van der Waals surface area contributed by atoms with Crippen molar-refractivity contribution in [3.8, 4) is 0 Å². The van der Waals surface area contributed by atoms with Crippen molar-refractivity contribution < 1.29 is 4.74 Å². The summed E-state index contributed by atoms with van der Waals surface area (Å²) in [6.07, 6.45) is 2.72. The summed E-state index contributed by atoms with van der Waals surface area (Å²) in [4.78, 5) is 0. The summed E-state index contributed by atoms with van der Waals surface area (Å²) < 4.78 is 5.66. The number of nitrogens with one attached hydrogen (secondary N) is 1. The van der Waals surface area contributed by atoms with Crippen molar-refractivity contribution in [2.45, 2.75) is 52.2 Å². The topological polar surface area (TPSA) is 21.3 Å². The molecule has 0 heterocycles. The molecule has 0 aliphatic heterocycles. The van der Waals surface area contributed by atoms with Crippen LogP contribution in [0.4, 0.5) is 0 Å². The predicted molar refractivity (Wildman–Crippen MR) is 80.4 cm³/mol. The van der Waals surface area contributed by atoms with E-state index in [-0.39, 0.29) is 0 Å². The second-order valence-electron chi connectivity index (χ2n) is 6.23. The monoisotopic (exact) mass is 261 g/mol. The van der Waals surface area contributed by atoms with Gasteiger partial charge in [-0.3, -0.25) is 0 Å². The average molecular weight is 261 g/mol. The fourth-order valence-corrected chi connectivity index (χ4v) is 2.10. The number of ether oxygens (including phenoxy) is 1. The van der Waals surface area contributed by atoms with Crippen LogP contribution in [0, 0.1) is 5.92 Å². The molecule has 1 saturated carbocycles. The highest BCUT2D eigenvalue weighted by Gasteiger charge is 2.21. The fourth-order valence-electron chi connectivity index (χ4n) is 2.10. The Labute approximate surface area is 117 Å². The molecule has 19 heavy (non-hydrogen) atoms. The molecule has 0 saturated heterocycles. The Morgan fingerprint density at radius 3 is 2.42 bits per heavy atom. The zero-order valence-corrected chi connectivity index (χ0v) is 12.5. The second kappa shape index (κ2) is 7.06. The third kappa shape index (κ3) is 5.33. The Morgan fingerprint density at radius 2 is 1.84 bits per heavy atom. The molecule has 1 fully saturated rings. The fraction of sp³-hybridized carbons (Fsp3) is 0.647. The van der Waals surface area contributed by atoms with E-state index in [9.17, 15) is 0 Å². The Morgan fingerprint density at radius 1 is 1.16 bits per heavy atom. The molecule has 0 amide bonds. The van der Waals surface area contributed by atoms with E-state index in [2.05, 4.69) is 50.4 Å². The van der Waals surface area contributed by atoms with Gasteiger partial charge < -0.3 is 10.1 Å². The van der Waals surface area contributed by atoms with Crippen LogP contribution in [0.1, 0.15) is 50.7 Å². The summed E-state index contributed by atoms with van der Waals surface area (Å²) in [6.45, 7) is 9.30. The van der Waals surface area contributed by atoms with Crippen molar-refractivity contribution in [3.63, 3.8) is 0 Å². The number of hydrogen-bond acceptors (Lipinski definition) is 2. The maximum absolute atomic E-state index is 5.66. The lowest BCUT2D eigenvalue weighted by molar-refractivity contribution is 0.0971. The quantitative estimate of drug-likeness (QED) is 0.770. The highest BCUT2D eigenvalue weighted by atomic mass is 16.5. The maximum Gasteiger partial charge on any atom is 0.0717 e. The minimum Gasteiger partial charge on any atom is -0.377 e. The minimum atomic E-state index is 0.589. The van der Waals surface area contributed by atoms with E-state index in [1.807, 2.05) is 0 Å². The smallest absolute Gasteiger partial charge is 0.0717 e. The van der Waals surface area contributed by atoms with Gasteiger partial charge in [-0.15, -0.1) is 0 Å². The molecule has 1 aliphatic carbocycles. The first kappa shape index (κ1) is 14.5. The van der Waals surface area contributed by atoms with Crippen LogP contribution < -0.4 is 5.32 Å². The van der Waals surface area contributed by atoms with Crippen LogP contribution in [0.2, 0.25) is 0 Å². The molecule has 0 radical (unpaired) electrons. The molecule has 1 aromatic rings. The van der Waals surface area contributed by atoms with Crippen LogP contribution in [0.25, 0.3) is 0 Å². The lowest BCUT2D eigenvalue weighted by Gasteiger charge is -2.13. The van der Waals surface area contributed by atoms with Crippen LogP contribution in [0.15, 0.2) is 24.3 Å². The molecule has 1 unspecified atom stereocenters. The molecule has 2 heteroatoms. The average Bonchev–Trinajstić information content (AvgIpc) is 3.20. The van der Waals surface area contributed by atoms with E-state index in [4.69, 9.17) is 4.74 Å². The molecule has 1 N–H and O–H groups in total. The van der Waals surface area contributed by atoms with E-state index in [0.29, 0.717) is 11.8 Å². The van der Waals surface area contributed by atoms with Gasteiger partial charge in [-0.25, -0.2) is 0 Å². The third-order valence-electron chi connectivity index (χ3n) is 3.56. The van der Waals surface area contributed by atoms with Crippen LogP contribution in [-0.2, 0) is 11.3 Å². The van der Waals surface area contributed by atoms with Crippen molar-refractivity contribution in [2.75, 3.05) is 13.2 Å². The summed E-state index contributed by atoms with van der Waals surface area (Å²) in [5.74, 6) is 1.19. The first-order valence-corrected chi connectivity index (χ1v) is 7.55. The summed E-state index contributed by atoms with van der Waals surface area (Å²) in [6, 6.07) is 9.68. The minimum absolute atomic E-state index is 0.589. The lowest BCUT2D eigenvalue weighted by atomic mass is 10.00. The molecule has 0 aromatic heterocycles. The third-order valence-corrected chi connectivity index (χ3v) is 3.56. The number of hydrogen-bond donors (Lipinski definition) is 1. The van der Waals surface area contributed by atoms with Gasteiger partial charge in [-0.1, -0.05) is 45.0 Å². The molecular formula is C17H27NO. The van der Waals surface area contributed by atoms with Gasteiger partial charge in [-0.05, 0) is 35.8 Å². The number of benzene rings is 1. The van der Waals surface area contributed by atoms with Gasteiger partial charge in [0, 0.05) is 19.2 Å². The molecule has 0 spiro atoms. The molecule has 106 valence electrons. The van der Waals surface area contributed by atoms with Crippen LogP contribution in [-0.4, -0.2) is 19.2 Å². The summed E-state index contributed by atoms with van der Waals surface area (Å²) in [5, 5.41) is 3.59. The highest BCUT2D eigenvalue weighted by molar-refractivity contribution is 5.25. The van der Waals surface area contributed by atoms with Crippen LogP contribution in [0.3, 0.4) is 0 Å². The van der Waals surface area contributed by atoms with Gasteiger partial charge in [0.05, 0.1) is 6.61 Å². The Kier molecular flexibility index (Phi) is 5.41. The molecular weight excluding hydrogens is 234 g/mol. The zero-order chi connectivity index (χ0) is 13.7. The largest absolute Gasteiger partial charge is 0.377 e. The molecule has 0 bridgehead atoms.